The smallest absolute Gasteiger partial charge is 0.348 e. The van der Waals surface area contributed by atoms with Gasteiger partial charge in [0.2, 0.25) is 12.4 Å². The van der Waals surface area contributed by atoms with Crippen molar-refractivity contribution in [1.82, 2.24) is 0 Å². The molecule has 2 heterocycles. The van der Waals surface area contributed by atoms with E-state index in [4.69, 9.17) is 30.5 Å². The van der Waals surface area contributed by atoms with Crippen molar-refractivity contribution < 1.29 is 28.5 Å². The number of esters is 2. The Morgan fingerprint density at radius 1 is 1.27 bits per heavy atom. The van der Waals surface area contributed by atoms with Gasteiger partial charge in [-0.2, -0.15) is 0 Å². The Labute approximate surface area is 157 Å². The maximum atomic E-state index is 12.9. The fraction of sp³-hybridized carbons (Fsp3) is 0.474. The maximum Gasteiger partial charge on any atom is 0.348 e. The maximum absolute atomic E-state index is 12.9. The number of benzene rings is 1. The van der Waals surface area contributed by atoms with Gasteiger partial charge in [-0.15, -0.1) is 0 Å². The highest BCUT2D eigenvalue weighted by Gasteiger charge is 2.49. The van der Waals surface area contributed by atoms with Gasteiger partial charge >= 0.3 is 11.9 Å². The molecule has 6 nitrogen and oxygen atoms in total. The van der Waals surface area contributed by atoms with Gasteiger partial charge in [-0.3, -0.25) is 0 Å². The summed E-state index contributed by atoms with van der Waals surface area (Å²) < 4.78 is 21.7. The first kappa shape index (κ1) is 18.7. The molecule has 0 aliphatic carbocycles. The molecule has 0 unspecified atom stereocenters. The number of cyclic esters (lactones) is 1. The van der Waals surface area contributed by atoms with Crippen LogP contribution in [-0.2, 0) is 28.5 Å². The van der Waals surface area contributed by atoms with E-state index in [1.807, 2.05) is 26.0 Å². The SMILES string of the molecule is CO[C@@H]1OC(C)=C(C(=O)O[C@H]2C(=O)OCC2(C)C)[C@@H]1c1ccc(Cl)cc1. The lowest BCUT2D eigenvalue weighted by molar-refractivity contribution is -0.160. The van der Waals surface area contributed by atoms with Crippen LogP contribution in [-0.4, -0.2) is 38.0 Å². The monoisotopic (exact) mass is 380 g/mol. The third kappa shape index (κ3) is 3.31. The van der Waals surface area contributed by atoms with E-state index < -0.39 is 35.7 Å². The topological polar surface area (TPSA) is 71.1 Å². The normalized spacial score (nSPS) is 27.3. The van der Waals surface area contributed by atoms with Crippen LogP contribution in [0.2, 0.25) is 5.02 Å². The molecule has 2 aliphatic rings. The molecule has 26 heavy (non-hydrogen) atoms. The van der Waals surface area contributed by atoms with E-state index in [1.54, 1.807) is 19.1 Å². The third-order valence-corrected chi connectivity index (χ3v) is 4.92. The van der Waals surface area contributed by atoms with Crippen LogP contribution in [0.1, 0.15) is 32.3 Å². The number of rotatable bonds is 4. The van der Waals surface area contributed by atoms with Gasteiger partial charge in [0.15, 0.2) is 0 Å². The van der Waals surface area contributed by atoms with Crippen LogP contribution in [0.15, 0.2) is 35.6 Å². The minimum atomic E-state index is -0.956. The van der Waals surface area contributed by atoms with E-state index in [0.29, 0.717) is 16.4 Å². The number of carbonyl (C=O) groups excluding carboxylic acids is 2. The van der Waals surface area contributed by atoms with Crippen LogP contribution in [0.3, 0.4) is 0 Å². The van der Waals surface area contributed by atoms with E-state index in [-0.39, 0.29) is 6.61 Å². The number of hydrogen-bond donors (Lipinski definition) is 0. The van der Waals surface area contributed by atoms with Gasteiger partial charge in [-0.05, 0) is 24.6 Å². The number of methoxy groups -OCH3 is 1. The lowest BCUT2D eigenvalue weighted by Gasteiger charge is -2.24. The van der Waals surface area contributed by atoms with Crippen molar-refractivity contribution >= 4 is 23.5 Å². The van der Waals surface area contributed by atoms with Gasteiger partial charge in [-0.1, -0.05) is 37.6 Å². The third-order valence-electron chi connectivity index (χ3n) is 4.67. The summed E-state index contributed by atoms with van der Waals surface area (Å²) in [4.78, 5) is 24.9. The minimum absolute atomic E-state index is 0.208. The van der Waals surface area contributed by atoms with Crippen LogP contribution < -0.4 is 0 Å². The Balaban J connectivity index is 1.90. The molecular formula is C19H21ClO6. The summed E-state index contributed by atoms with van der Waals surface area (Å²) in [7, 11) is 1.51. The van der Waals surface area contributed by atoms with Crippen molar-refractivity contribution in [3.8, 4) is 0 Å². The van der Waals surface area contributed by atoms with Crippen LogP contribution in [0, 0.1) is 5.41 Å². The molecule has 0 bridgehead atoms. The fourth-order valence-electron chi connectivity index (χ4n) is 3.22. The summed E-state index contributed by atoms with van der Waals surface area (Å²) >= 11 is 5.96. The minimum Gasteiger partial charge on any atom is -0.468 e. The van der Waals surface area contributed by atoms with Crippen molar-refractivity contribution in [3.63, 3.8) is 0 Å². The van der Waals surface area contributed by atoms with Crippen molar-refractivity contribution in [2.75, 3.05) is 13.7 Å². The Kier molecular flexibility index (Phi) is 4.99. The van der Waals surface area contributed by atoms with Gasteiger partial charge in [0.25, 0.3) is 0 Å². The lowest BCUT2D eigenvalue weighted by Crippen LogP contribution is -2.36. The zero-order valence-electron chi connectivity index (χ0n) is 15.1. The number of allylic oxidation sites excluding steroid dienone is 1. The zero-order valence-corrected chi connectivity index (χ0v) is 15.8. The van der Waals surface area contributed by atoms with Crippen LogP contribution in [0.25, 0.3) is 0 Å². The number of hydrogen-bond acceptors (Lipinski definition) is 6. The standard InChI is InChI=1S/C19H21ClO6/c1-10-13(16(21)26-15-17(22)24-9-19(15,2)3)14(18(23-4)25-10)11-5-7-12(20)8-6-11/h5-8,14-15,18H,9H2,1-4H3/t14-,15-,18+/m0/s1. The zero-order chi connectivity index (χ0) is 19.1. The van der Waals surface area contributed by atoms with Gasteiger partial charge < -0.3 is 18.9 Å². The molecule has 0 spiro atoms. The lowest BCUT2D eigenvalue weighted by atomic mass is 9.89. The summed E-state index contributed by atoms with van der Waals surface area (Å²) in [5.74, 6) is -1.22. The van der Waals surface area contributed by atoms with Gasteiger partial charge in [0.1, 0.15) is 12.4 Å². The first-order valence-electron chi connectivity index (χ1n) is 8.28. The summed E-state index contributed by atoms with van der Waals surface area (Å²) in [5.41, 5.74) is 0.546. The summed E-state index contributed by atoms with van der Waals surface area (Å²) in [6.07, 6.45) is -1.62. The van der Waals surface area contributed by atoms with Gasteiger partial charge in [0, 0.05) is 17.5 Å². The molecule has 7 heteroatoms. The highest BCUT2D eigenvalue weighted by Crippen LogP contribution is 2.41. The van der Waals surface area contributed by atoms with Crippen LogP contribution in [0.5, 0.6) is 0 Å². The van der Waals surface area contributed by atoms with Crippen molar-refractivity contribution in [1.29, 1.82) is 0 Å². The van der Waals surface area contributed by atoms with E-state index in [1.165, 1.54) is 7.11 Å². The molecule has 3 rings (SSSR count). The van der Waals surface area contributed by atoms with E-state index in [2.05, 4.69) is 0 Å². The second kappa shape index (κ2) is 6.93. The second-order valence-corrected chi connectivity index (χ2v) is 7.54. The first-order chi connectivity index (χ1) is 12.2. The van der Waals surface area contributed by atoms with Crippen LogP contribution >= 0.6 is 11.6 Å². The highest BCUT2D eigenvalue weighted by atomic mass is 35.5. The van der Waals surface area contributed by atoms with Crippen molar-refractivity contribution in [3.05, 3.63) is 46.2 Å². The molecule has 1 aromatic carbocycles. The molecule has 0 amide bonds. The average Bonchev–Trinajstić information content (AvgIpc) is 3.06. The molecule has 0 radical (unpaired) electrons. The van der Waals surface area contributed by atoms with Crippen molar-refractivity contribution in [2.45, 2.75) is 39.1 Å². The molecule has 0 saturated carbocycles. The molecule has 2 aliphatic heterocycles. The molecule has 1 saturated heterocycles. The Bertz CT molecular complexity index is 752. The average molecular weight is 381 g/mol. The van der Waals surface area contributed by atoms with Crippen molar-refractivity contribution in [2.24, 2.45) is 5.41 Å². The quantitative estimate of drug-likeness (QED) is 0.747. The van der Waals surface area contributed by atoms with Gasteiger partial charge in [-0.25, -0.2) is 9.59 Å². The molecule has 140 valence electrons. The predicted octanol–water partition coefficient (Wildman–Crippen LogP) is 3.20. The van der Waals surface area contributed by atoms with E-state index >= 15 is 0 Å². The molecule has 0 N–H and O–H groups in total. The Morgan fingerprint density at radius 3 is 2.46 bits per heavy atom. The Morgan fingerprint density at radius 2 is 1.92 bits per heavy atom. The predicted molar refractivity (Wildman–Crippen MR) is 93.4 cm³/mol. The Hall–Kier alpha value is -2.05. The second-order valence-electron chi connectivity index (χ2n) is 7.10. The van der Waals surface area contributed by atoms with Crippen LogP contribution in [0.4, 0.5) is 0 Å². The first-order valence-corrected chi connectivity index (χ1v) is 8.65. The number of carbonyl (C=O) groups is 2. The van der Waals surface area contributed by atoms with E-state index in [9.17, 15) is 9.59 Å². The summed E-state index contributed by atoms with van der Waals surface area (Å²) in [6.45, 7) is 5.52. The summed E-state index contributed by atoms with van der Waals surface area (Å²) in [6, 6.07) is 7.08. The molecule has 1 aromatic rings. The number of ether oxygens (including phenoxy) is 4. The highest BCUT2D eigenvalue weighted by molar-refractivity contribution is 6.30. The molecule has 1 fully saturated rings. The molecular weight excluding hydrogens is 360 g/mol. The molecule has 0 aromatic heterocycles. The largest absolute Gasteiger partial charge is 0.468 e. The molecule has 3 atom stereocenters. The van der Waals surface area contributed by atoms with E-state index in [0.717, 1.165) is 5.56 Å². The summed E-state index contributed by atoms with van der Waals surface area (Å²) in [5, 5.41) is 0.585. The fourth-order valence-corrected chi connectivity index (χ4v) is 3.34. The number of halogens is 1. The van der Waals surface area contributed by atoms with Gasteiger partial charge in [0.05, 0.1) is 11.5 Å².